The van der Waals surface area contributed by atoms with Crippen molar-refractivity contribution in [2.45, 2.75) is 77.6 Å². The molecule has 0 amide bonds. The van der Waals surface area contributed by atoms with Gasteiger partial charge in [-0.05, 0) is 6.42 Å². The van der Waals surface area contributed by atoms with Crippen LogP contribution in [0, 0.1) is 0 Å². The molecule has 1 unspecified atom stereocenters. The molecule has 182 valence electrons. The minimum Gasteiger partial charge on any atom is -0.391 e. The molecule has 0 aromatic carbocycles. The summed E-state index contributed by atoms with van der Waals surface area (Å²) in [5, 5.41) is 9.15. The maximum Gasteiger partial charge on any atom is 0.339 e. The summed E-state index contributed by atoms with van der Waals surface area (Å²) in [6.07, 6.45) is -3.01. The van der Waals surface area contributed by atoms with Gasteiger partial charge in [-0.25, -0.2) is 22.0 Å². The van der Waals surface area contributed by atoms with Crippen LogP contribution in [-0.2, 0) is 4.74 Å². The van der Waals surface area contributed by atoms with Crippen molar-refractivity contribution in [1.29, 1.82) is 0 Å². The van der Waals surface area contributed by atoms with Crippen LogP contribution in [0.1, 0.15) is 13.3 Å². The summed E-state index contributed by atoms with van der Waals surface area (Å²) in [7, 11) is 0. The molecule has 0 aliphatic heterocycles. The van der Waals surface area contributed by atoms with E-state index in [0.717, 1.165) is 6.92 Å². The number of alkyl halides is 15. The van der Waals surface area contributed by atoms with Gasteiger partial charge in [0.05, 0.1) is 12.7 Å². The van der Waals surface area contributed by atoms with E-state index in [-0.39, 0.29) is 0 Å². The maximum absolute atomic E-state index is 15.1. The van der Waals surface area contributed by atoms with Gasteiger partial charge in [0.1, 0.15) is 0 Å². The van der Waals surface area contributed by atoms with Crippen molar-refractivity contribution in [3.8, 4) is 0 Å². The molecule has 1 N–H and O–H groups in total. The van der Waals surface area contributed by atoms with E-state index in [1.165, 1.54) is 0 Å². The van der Waals surface area contributed by atoms with Crippen LogP contribution in [0.3, 0.4) is 0 Å². The zero-order chi connectivity index (χ0) is 24.7. The third-order valence-electron chi connectivity index (χ3n) is 6.16. The molecule has 0 heterocycles. The fourth-order valence-corrected chi connectivity index (χ4v) is 4.34. The summed E-state index contributed by atoms with van der Waals surface area (Å²) < 4.78 is 220. The molecule has 17 heteroatoms. The number of aliphatic hydroxyl groups excluding tert-OH is 1. The van der Waals surface area contributed by atoms with Crippen molar-refractivity contribution in [2.75, 3.05) is 6.61 Å². The maximum atomic E-state index is 15.1. The van der Waals surface area contributed by atoms with Crippen LogP contribution in [0.25, 0.3) is 0 Å². The Bertz CT molecular complexity index is 722. The minimum atomic E-state index is -7.87. The monoisotopic (exact) mass is 494 g/mol. The van der Waals surface area contributed by atoms with Gasteiger partial charge in [0.2, 0.25) is 0 Å². The second-order valence-electron chi connectivity index (χ2n) is 7.47. The fourth-order valence-electron chi connectivity index (χ4n) is 4.34. The summed E-state index contributed by atoms with van der Waals surface area (Å²) in [5.74, 6) is -45.9. The number of hydrogen-bond donors (Lipinski definition) is 1. The first-order valence-corrected chi connectivity index (χ1v) is 8.11. The van der Waals surface area contributed by atoms with E-state index in [9.17, 15) is 52.7 Å². The van der Waals surface area contributed by atoms with Crippen molar-refractivity contribution in [2.24, 2.45) is 0 Å². The van der Waals surface area contributed by atoms with Crippen LogP contribution < -0.4 is 0 Å². The molecule has 0 aromatic rings. The van der Waals surface area contributed by atoms with E-state index in [2.05, 4.69) is 4.74 Å². The Morgan fingerprint density at radius 1 is 0.548 bits per heavy atom. The third-order valence-corrected chi connectivity index (χ3v) is 6.16. The average molecular weight is 494 g/mol. The van der Waals surface area contributed by atoms with Crippen molar-refractivity contribution in [1.82, 2.24) is 0 Å². The molecule has 2 nitrogen and oxygen atoms in total. The van der Waals surface area contributed by atoms with Crippen LogP contribution in [0.15, 0.2) is 0 Å². The smallest absolute Gasteiger partial charge is 0.339 e. The number of rotatable bonds is 4. The van der Waals surface area contributed by atoms with E-state index in [0.29, 0.717) is 0 Å². The van der Waals surface area contributed by atoms with Crippen molar-refractivity contribution >= 4 is 0 Å². The second kappa shape index (κ2) is 5.33. The Hall–Kier alpha value is -1.13. The molecular formula is C14H9F15O2. The van der Waals surface area contributed by atoms with Gasteiger partial charge in [-0.2, -0.15) is 43.9 Å². The topological polar surface area (TPSA) is 29.5 Å². The Morgan fingerprint density at radius 2 is 0.806 bits per heavy atom. The van der Waals surface area contributed by atoms with Crippen LogP contribution in [0.4, 0.5) is 65.9 Å². The predicted octanol–water partition coefficient (Wildman–Crippen LogP) is 4.49. The first kappa shape index (κ1) is 24.5. The number of halogens is 15. The highest BCUT2D eigenvalue weighted by atomic mass is 19.3. The average Bonchev–Trinajstić information content (AvgIpc) is 2.64. The van der Waals surface area contributed by atoms with Gasteiger partial charge in [0.25, 0.3) is 0 Å². The van der Waals surface area contributed by atoms with Gasteiger partial charge < -0.3 is 9.84 Å². The van der Waals surface area contributed by atoms with Crippen LogP contribution >= 0.6 is 0 Å². The quantitative estimate of drug-likeness (QED) is 0.584. The summed E-state index contributed by atoms with van der Waals surface area (Å²) >= 11 is 0. The molecule has 4 saturated carbocycles. The van der Waals surface area contributed by atoms with E-state index in [4.69, 9.17) is 5.11 Å². The van der Waals surface area contributed by atoms with Gasteiger partial charge in [-0.3, -0.25) is 0 Å². The lowest BCUT2D eigenvalue weighted by molar-refractivity contribution is -0.617. The van der Waals surface area contributed by atoms with E-state index < -0.39 is 77.3 Å². The zero-order valence-corrected chi connectivity index (χ0v) is 14.5. The summed E-state index contributed by atoms with van der Waals surface area (Å²) in [6, 6.07) is 0. The molecule has 4 aliphatic rings. The second-order valence-corrected chi connectivity index (χ2v) is 7.47. The van der Waals surface area contributed by atoms with Gasteiger partial charge in [-0.15, -0.1) is 0 Å². The molecule has 4 aliphatic carbocycles. The SMILES string of the molecule is CCC(O)COC1(F)C2(F)C(F)(F)C3(F)C(F)(F)C(F)(C2(F)F)C(F)(F)C1(F)C3(F)F. The lowest BCUT2D eigenvalue weighted by Crippen LogP contribution is -3.09. The molecule has 4 rings (SSSR count). The zero-order valence-electron chi connectivity index (χ0n) is 14.5. The summed E-state index contributed by atoms with van der Waals surface area (Å²) in [4.78, 5) is 0. The van der Waals surface area contributed by atoms with E-state index >= 15 is 13.2 Å². The highest BCUT2D eigenvalue weighted by Crippen LogP contribution is 2.88. The first-order chi connectivity index (χ1) is 13.5. The van der Waals surface area contributed by atoms with Crippen molar-refractivity contribution in [3.63, 3.8) is 0 Å². The van der Waals surface area contributed by atoms with Crippen LogP contribution in [-0.4, -0.2) is 76.0 Å². The van der Waals surface area contributed by atoms with Gasteiger partial charge >= 0.3 is 58.1 Å². The standard InChI is InChI=1S/C14H9F15O2/c1-2-4(30)3-31-14(29)7(17)10(21,22)5(15)9(19,20)6(16,12(7,25)26)13(27,28)8(14,18)11(5,23)24/h4,30H,2-3H2,1H3. The molecule has 0 spiro atoms. The normalized spacial score (nSPS) is 51.0. The predicted molar refractivity (Wildman–Crippen MR) is 66.2 cm³/mol. The minimum absolute atomic E-state index is 0.702. The molecule has 31 heavy (non-hydrogen) atoms. The van der Waals surface area contributed by atoms with Gasteiger partial charge in [0.15, 0.2) is 0 Å². The molecule has 4 fully saturated rings. The Balaban J connectivity index is 2.56. The van der Waals surface area contributed by atoms with Crippen LogP contribution in [0.5, 0.6) is 0 Å². The van der Waals surface area contributed by atoms with Gasteiger partial charge in [0, 0.05) is 0 Å². The highest BCUT2D eigenvalue weighted by molar-refractivity contribution is 5.54. The molecule has 4 bridgehead atoms. The number of ether oxygens (including phenoxy) is 1. The number of aliphatic hydroxyl groups is 1. The van der Waals surface area contributed by atoms with Gasteiger partial charge in [-0.1, -0.05) is 6.92 Å². The summed E-state index contributed by atoms with van der Waals surface area (Å²) in [6.45, 7) is -1.29. The largest absolute Gasteiger partial charge is 0.391 e. The number of hydrogen-bond acceptors (Lipinski definition) is 2. The lowest BCUT2D eigenvalue weighted by Gasteiger charge is -2.74. The highest BCUT2D eigenvalue weighted by Gasteiger charge is 3.23. The third kappa shape index (κ3) is 1.58. The lowest BCUT2D eigenvalue weighted by atomic mass is 9.40. The summed E-state index contributed by atoms with van der Waals surface area (Å²) in [5.41, 5.74) is -30.5. The molecule has 1 atom stereocenters. The molecular weight excluding hydrogens is 485 g/mol. The van der Waals surface area contributed by atoms with Crippen LogP contribution in [0.2, 0.25) is 0 Å². The molecule has 0 aromatic heterocycles. The Morgan fingerprint density at radius 3 is 1.06 bits per heavy atom. The molecule has 0 saturated heterocycles. The Labute approximate surface area is 161 Å². The van der Waals surface area contributed by atoms with E-state index in [1.807, 2.05) is 0 Å². The molecule has 0 radical (unpaired) electrons. The van der Waals surface area contributed by atoms with Crippen molar-refractivity contribution in [3.05, 3.63) is 0 Å². The first-order valence-electron chi connectivity index (χ1n) is 8.11. The van der Waals surface area contributed by atoms with Crippen molar-refractivity contribution < 1.29 is 75.7 Å². The Kier molecular flexibility index (Phi) is 4.21. The fraction of sp³-hybridized carbons (Fsp3) is 1.00. The van der Waals surface area contributed by atoms with E-state index in [1.54, 1.807) is 0 Å².